The molecule has 0 saturated carbocycles. The van der Waals surface area contributed by atoms with E-state index in [0.29, 0.717) is 33.9 Å². The Balaban J connectivity index is 2.30. The fourth-order valence-corrected chi connectivity index (χ4v) is 3.86. The van der Waals surface area contributed by atoms with E-state index in [4.69, 9.17) is 16.3 Å². The van der Waals surface area contributed by atoms with Crippen molar-refractivity contribution in [2.45, 2.75) is 27.3 Å². The van der Waals surface area contributed by atoms with Gasteiger partial charge in [-0.3, -0.25) is 0 Å². The highest BCUT2D eigenvalue weighted by Crippen LogP contribution is 2.37. The third-order valence-electron chi connectivity index (χ3n) is 5.16. The Kier molecular flexibility index (Phi) is 6.93. The second kappa shape index (κ2) is 9.42. The Labute approximate surface area is 175 Å². The Morgan fingerprint density at radius 1 is 1.10 bits per heavy atom. The third-order valence-corrected chi connectivity index (χ3v) is 5.40. The van der Waals surface area contributed by atoms with Crippen molar-refractivity contribution < 1.29 is 13.9 Å². The number of halogens is 2. The van der Waals surface area contributed by atoms with Gasteiger partial charge in [0.25, 0.3) is 0 Å². The maximum atomic E-state index is 14.8. The van der Waals surface area contributed by atoms with Crippen LogP contribution in [-0.4, -0.2) is 41.7 Å². The highest BCUT2D eigenvalue weighted by atomic mass is 35.5. The van der Waals surface area contributed by atoms with Crippen LogP contribution in [0.2, 0.25) is 5.02 Å². The zero-order valence-electron chi connectivity index (χ0n) is 17.0. The van der Waals surface area contributed by atoms with Crippen molar-refractivity contribution >= 4 is 28.3 Å². The number of carbonyl (C=O) groups excluding carboxylic acids is 1. The van der Waals surface area contributed by atoms with Crippen LogP contribution in [0.25, 0.3) is 22.0 Å². The van der Waals surface area contributed by atoms with E-state index >= 15 is 0 Å². The van der Waals surface area contributed by atoms with Crippen molar-refractivity contribution in [3.05, 3.63) is 59.0 Å². The van der Waals surface area contributed by atoms with E-state index in [1.54, 1.807) is 37.3 Å². The number of rotatable bonds is 8. The summed E-state index contributed by atoms with van der Waals surface area (Å²) in [7, 11) is 0. The van der Waals surface area contributed by atoms with Gasteiger partial charge in [-0.2, -0.15) is 0 Å². The molecule has 29 heavy (non-hydrogen) atoms. The van der Waals surface area contributed by atoms with Crippen LogP contribution in [0.3, 0.4) is 0 Å². The van der Waals surface area contributed by atoms with Crippen LogP contribution >= 0.6 is 11.6 Å². The lowest BCUT2D eigenvalue weighted by atomic mass is 10.1. The van der Waals surface area contributed by atoms with Gasteiger partial charge < -0.3 is 14.2 Å². The number of carbonyl (C=O) groups is 1. The molecule has 0 bridgehead atoms. The zero-order chi connectivity index (χ0) is 21.0. The zero-order valence-corrected chi connectivity index (χ0v) is 17.8. The summed E-state index contributed by atoms with van der Waals surface area (Å²) in [5.74, 6) is -0.756. The minimum absolute atomic E-state index is 0.268. The Morgan fingerprint density at radius 3 is 2.48 bits per heavy atom. The number of fused-ring (bicyclic) bond motifs is 1. The molecular formula is C23H26ClFN2O2. The molecule has 0 aliphatic heterocycles. The lowest BCUT2D eigenvalue weighted by Gasteiger charge is -2.21. The van der Waals surface area contributed by atoms with Crippen LogP contribution in [0.5, 0.6) is 0 Å². The summed E-state index contributed by atoms with van der Waals surface area (Å²) in [6, 6.07) is 11.9. The van der Waals surface area contributed by atoms with Gasteiger partial charge in [-0.05, 0) is 44.3 Å². The van der Waals surface area contributed by atoms with Crippen LogP contribution in [0.15, 0.2) is 42.5 Å². The number of aromatic nitrogens is 1. The van der Waals surface area contributed by atoms with Crippen molar-refractivity contribution in [3.63, 3.8) is 0 Å². The fourth-order valence-electron chi connectivity index (χ4n) is 3.69. The summed E-state index contributed by atoms with van der Waals surface area (Å²) in [5, 5.41) is 1.99. The first kappa shape index (κ1) is 21.3. The van der Waals surface area contributed by atoms with Crippen molar-refractivity contribution in [1.82, 2.24) is 9.47 Å². The number of hydrogen-bond acceptors (Lipinski definition) is 3. The molecule has 0 radical (unpaired) electrons. The average molecular weight is 417 g/mol. The predicted molar refractivity (Wildman–Crippen MR) is 116 cm³/mol. The maximum absolute atomic E-state index is 14.8. The van der Waals surface area contributed by atoms with E-state index < -0.39 is 5.97 Å². The topological polar surface area (TPSA) is 34.5 Å². The first-order valence-corrected chi connectivity index (χ1v) is 10.4. The number of likely N-dealkylation sites (N-methyl/N-ethyl adjacent to an activating group) is 1. The number of hydrogen-bond donors (Lipinski definition) is 0. The lowest BCUT2D eigenvalue weighted by Crippen LogP contribution is -2.28. The number of nitrogens with zero attached hydrogens (tertiary/aromatic N) is 2. The predicted octanol–water partition coefficient (Wildman–Crippen LogP) is 5.62. The standard InChI is InChI=1S/C23H26ClFN2O2/c1-4-26(5-2)13-14-27-21(18-9-7-8-10-20(18)25)19-15-16(24)11-12-17(19)22(27)23(28)29-6-3/h7-12,15H,4-6,13-14H2,1-3H3. The average Bonchev–Trinajstić information content (AvgIpc) is 3.02. The largest absolute Gasteiger partial charge is 0.461 e. The summed E-state index contributed by atoms with van der Waals surface area (Å²) in [4.78, 5) is 15.2. The molecule has 0 aliphatic rings. The van der Waals surface area contributed by atoms with Crippen LogP contribution in [-0.2, 0) is 11.3 Å². The molecule has 1 aromatic heterocycles. The monoisotopic (exact) mass is 416 g/mol. The van der Waals surface area contributed by atoms with Crippen LogP contribution < -0.4 is 0 Å². The second-order valence-electron chi connectivity index (χ2n) is 6.77. The molecule has 0 N–H and O–H groups in total. The van der Waals surface area contributed by atoms with E-state index in [-0.39, 0.29) is 12.4 Å². The molecule has 2 aromatic carbocycles. The minimum Gasteiger partial charge on any atom is -0.461 e. The molecule has 3 aromatic rings. The minimum atomic E-state index is -0.415. The van der Waals surface area contributed by atoms with Crippen LogP contribution in [0, 0.1) is 5.82 Å². The summed E-state index contributed by atoms with van der Waals surface area (Å²) in [6.07, 6.45) is 0. The second-order valence-corrected chi connectivity index (χ2v) is 7.20. The van der Waals surface area contributed by atoms with E-state index in [9.17, 15) is 9.18 Å². The van der Waals surface area contributed by atoms with Crippen molar-refractivity contribution in [2.75, 3.05) is 26.2 Å². The molecule has 0 amide bonds. The van der Waals surface area contributed by atoms with Crippen molar-refractivity contribution in [2.24, 2.45) is 0 Å². The molecule has 0 aliphatic carbocycles. The normalized spacial score (nSPS) is 11.4. The van der Waals surface area contributed by atoms with Crippen LogP contribution in [0.1, 0.15) is 31.3 Å². The quantitative estimate of drug-likeness (QED) is 0.447. The first-order chi connectivity index (χ1) is 14.0. The van der Waals surface area contributed by atoms with Gasteiger partial charge in [-0.1, -0.05) is 43.6 Å². The fraction of sp³-hybridized carbons (Fsp3) is 0.348. The molecule has 1 heterocycles. The molecule has 3 rings (SSSR count). The maximum Gasteiger partial charge on any atom is 0.355 e. The highest BCUT2D eigenvalue weighted by Gasteiger charge is 2.25. The van der Waals surface area contributed by atoms with Gasteiger partial charge in [0.1, 0.15) is 11.5 Å². The van der Waals surface area contributed by atoms with Crippen molar-refractivity contribution in [1.29, 1.82) is 0 Å². The van der Waals surface area contributed by atoms with Gasteiger partial charge in [-0.15, -0.1) is 0 Å². The number of ether oxygens (including phenoxy) is 1. The van der Waals surface area contributed by atoms with Gasteiger partial charge in [0.2, 0.25) is 0 Å². The summed E-state index contributed by atoms with van der Waals surface area (Å²) in [6.45, 7) is 9.29. The molecule has 0 spiro atoms. The summed E-state index contributed by atoms with van der Waals surface area (Å²) >= 11 is 6.27. The van der Waals surface area contributed by atoms with E-state index in [2.05, 4.69) is 18.7 Å². The smallest absolute Gasteiger partial charge is 0.355 e. The lowest BCUT2D eigenvalue weighted by molar-refractivity contribution is 0.0515. The van der Waals surface area contributed by atoms with E-state index in [0.717, 1.165) is 25.0 Å². The van der Waals surface area contributed by atoms with Crippen LogP contribution in [0.4, 0.5) is 4.39 Å². The molecule has 0 atom stereocenters. The van der Waals surface area contributed by atoms with E-state index in [1.165, 1.54) is 6.07 Å². The molecular weight excluding hydrogens is 391 g/mol. The van der Waals surface area contributed by atoms with Gasteiger partial charge in [0.05, 0.1) is 12.3 Å². The van der Waals surface area contributed by atoms with Gasteiger partial charge in [0, 0.05) is 34.4 Å². The Hall–Kier alpha value is -2.37. The first-order valence-electron chi connectivity index (χ1n) is 9.97. The number of benzene rings is 2. The molecule has 6 heteroatoms. The molecule has 154 valence electrons. The number of esters is 1. The molecule has 0 saturated heterocycles. The summed E-state index contributed by atoms with van der Waals surface area (Å²) < 4.78 is 22.0. The highest BCUT2D eigenvalue weighted by molar-refractivity contribution is 6.31. The van der Waals surface area contributed by atoms with Crippen molar-refractivity contribution in [3.8, 4) is 11.3 Å². The third kappa shape index (κ3) is 4.31. The van der Waals surface area contributed by atoms with Gasteiger partial charge in [-0.25, -0.2) is 9.18 Å². The Bertz CT molecular complexity index is 1010. The molecule has 4 nitrogen and oxygen atoms in total. The summed E-state index contributed by atoms with van der Waals surface area (Å²) in [5.41, 5.74) is 1.52. The van der Waals surface area contributed by atoms with Gasteiger partial charge in [0.15, 0.2) is 0 Å². The molecule has 0 fully saturated rings. The van der Waals surface area contributed by atoms with Gasteiger partial charge >= 0.3 is 5.97 Å². The SMILES string of the molecule is CCOC(=O)c1c2ccc(Cl)cc2c(-c2ccccc2F)n1CCN(CC)CC. The molecule has 0 unspecified atom stereocenters. The van der Waals surface area contributed by atoms with E-state index in [1.807, 2.05) is 10.6 Å². The Morgan fingerprint density at radius 2 is 1.83 bits per heavy atom.